The van der Waals surface area contributed by atoms with Gasteiger partial charge in [-0.15, -0.1) is 0 Å². The lowest BCUT2D eigenvalue weighted by Gasteiger charge is -2.25. The first-order valence-corrected chi connectivity index (χ1v) is 6.83. The standard InChI is InChI=1S/C16H17N5/c1-2-21(16-14(17)15(18)19-10-20-16)13-9-5-7-11-6-3-4-8-12(11)13/h3-10H,2,17H2,1H3,(H2,18,19,20). The Kier molecular flexibility index (Phi) is 3.31. The summed E-state index contributed by atoms with van der Waals surface area (Å²) in [4.78, 5) is 10.3. The number of aromatic nitrogens is 2. The maximum atomic E-state index is 6.05. The van der Waals surface area contributed by atoms with E-state index in [9.17, 15) is 0 Å². The number of hydrogen-bond donors (Lipinski definition) is 2. The molecule has 0 bridgehead atoms. The number of hydrogen-bond acceptors (Lipinski definition) is 5. The van der Waals surface area contributed by atoms with Gasteiger partial charge in [0.1, 0.15) is 12.0 Å². The first kappa shape index (κ1) is 13.2. The van der Waals surface area contributed by atoms with Gasteiger partial charge >= 0.3 is 0 Å². The lowest BCUT2D eigenvalue weighted by Crippen LogP contribution is -2.20. The van der Waals surface area contributed by atoms with E-state index >= 15 is 0 Å². The summed E-state index contributed by atoms with van der Waals surface area (Å²) in [6, 6.07) is 14.4. The fourth-order valence-corrected chi connectivity index (χ4v) is 2.49. The quantitative estimate of drug-likeness (QED) is 0.770. The van der Waals surface area contributed by atoms with Crippen LogP contribution in [0.5, 0.6) is 0 Å². The van der Waals surface area contributed by atoms with Gasteiger partial charge in [0.15, 0.2) is 11.6 Å². The van der Waals surface area contributed by atoms with Crippen LogP contribution < -0.4 is 16.4 Å². The summed E-state index contributed by atoms with van der Waals surface area (Å²) >= 11 is 0. The van der Waals surface area contributed by atoms with Crippen molar-refractivity contribution in [1.29, 1.82) is 0 Å². The smallest absolute Gasteiger partial charge is 0.161 e. The van der Waals surface area contributed by atoms with Crippen molar-refractivity contribution in [2.75, 3.05) is 22.9 Å². The fraction of sp³-hybridized carbons (Fsp3) is 0.125. The molecule has 0 radical (unpaired) electrons. The third-order valence-corrected chi connectivity index (χ3v) is 3.52. The molecule has 5 nitrogen and oxygen atoms in total. The van der Waals surface area contributed by atoms with Gasteiger partial charge in [-0.2, -0.15) is 0 Å². The topological polar surface area (TPSA) is 81.1 Å². The number of fused-ring (bicyclic) bond motifs is 1. The van der Waals surface area contributed by atoms with E-state index in [4.69, 9.17) is 11.5 Å². The largest absolute Gasteiger partial charge is 0.393 e. The SMILES string of the molecule is CCN(c1ncnc(N)c1N)c1cccc2ccccc12. The van der Waals surface area contributed by atoms with Crippen LogP contribution in [0.4, 0.5) is 23.0 Å². The van der Waals surface area contributed by atoms with Crippen LogP contribution >= 0.6 is 0 Å². The number of nitrogens with two attached hydrogens (primary N) is 2. The highest BCUT2D eigenvalue weighted by atomic mass is 15.2. The Balaban J connectivity index is 2.21. The molecule has 106 valence electrons. The molecule has 0 fully saturated rings. The van der Waals surface area contributed by atoms with Crippen LogP contribution in [0, 0.1) is 0 Å². The highest BCUT2D eigenvalue weighted by Crippen LogP contribution is 2.34. The number of nitrogens with zero attached hydrogens (tertiary/aromatic N) is 3. The van der Waals surface area contributed by atoms with Crippen molar-refractivity contribution in [3.8, 4) is 0 Å². The van der Waals surface area contributed by atoms with E-state index in [0.29, 0.717) is 17.3 Å². The van der Waals surface area contributed by atoms with Gasteiger partial charge in [-0.05, 0) is 18.4 Å². The minimum atomic E-state index is 0.304. The first-order chi connectivity index (χ1) is 10.2. The summed E-state index contributed by atoms with van der Waals surface area (Å²) in [6.45, 7) is 2.79. The van der Waals surface area contributed by atoms with Crippen LogP contribution in [-0.4, -0.2) is 16.5 Å². The monoisotopic (exact) mass is 279 g/mol. The Morgan fingerprint density at radius 2 is 1.76 bits per heavy atom. The molecule has 1 heterocycles. The van der Waals surface area contributed by atoms with Crippen molar-refractivity contribution in [2.45, 2.75) is 6.92 Å². The molecule has 0 aliphatic carbocycles. The third-order valence-electron chi connectivity index (χ3n) is 3.52. The van der Waals surface area contributed by atoms with Gasteiger partial charge in [0.05, 0.1) is 5.69 Å². The lowest BCUT2D eigenvalue weighted by molar-refractivity contribution is 0.986. The molecule has 4 N–H and O–H groups in total. The zero-order valence-electron chi connectivity index (χ0n) is 11.8. The van der Waals surface area contributed by atoms with Crippen molar-refractivity contribution in [3.63, 3.8) is 0 Å². The van der Waals surface area contributed by atoms with Crippen LogP contribution in [0.25, 0.3) is 10.8 Å². The summed E-state index contributed by atoms with van der Waals surface area (Å²) in [5, 5.41) is 2.33. The molecule has 5 heteroatoms. The molecule has 0 spiro atoms. The van der Waals surface area contributed by atoms with Gasteiger partial charge in [-0.3, -0.25) is 0 Å². The molecule has 0 atom stereocenters. The van der Waals surface area contributed by atoms with Gasteiger partial charge in [0, 0.05) is 11.9 Å². The molecule has 1 aromatic heterocycles. The summed E-state index contributed by atoms with van der Waals surface area (Å²) in [7, 11) is 0. The molecule has 2 aromatic carbocycles. The van der Waals surface area contributed by atoms with Crippen LogP contribution in [0.2, 0.25) is 0 Å². The summed E-state index contributed by atoms with van der Waals surface area (Å²) in [5.74, 6) is 0.944. The zero-order chi connectivity index (χ0) is 14.8. The molecule has 0 unspecified atom stereocenters. The van der Waals surface area contributed by atoms with E-state index in [1.54, 1.807) is 0 Å². The van der Waals surface area contributed by atoms with Gasteiger partial charge in [0.2, 0.25) is 0 Å². The Hall–Kier alpha value is -2.82. The number of rotatable bonds is 3. The molecule has 3 rings (SSSR count). The third kappa shape index (κ3) is 2.23. The Labute approximate surface area is 123 Å². The van der Waals surface area contributed by atoms with Crippen LogP contribution in [-0.2, 0) is 0 Å². The van der Waals surface area contributed by atoms with E-state index < -0.39 is 0 Å². The lowest BCUT2D eigenvalue weighted by atomic mass is 10.1. The minimum absolute atomic E-state index is 0.304. The van der Waals surface area contributed by atoms with Crippen LogP contribution in [0.1, 0.15) is 6.92 Å². The van der Waals surface area contributed by atoms with Crippen molar-refractivity contribution >= 4 is 33.8 Å². The van der Waals surface area contributed by atoms with Gasteiger partial charge < -0.3 is 16.4 Å². The highest BCUT2D eigenvalue weighted by Gasteiger charge is 2.16. The maximum absolute atomic E-state index is 6.05. The van der Waals surface area contributed by atoms with Crippen LogP contribution in [0.3, 0.4) is 0 Å². The normalized spacial score (nSPS) is 10.7. The van der Waals surface area contributed by atoms with E-state index in [2.05, 4.69) is 46.1 Å². The minimum Gasteiger partial charge on any atom is -0.393 e. The van der Waals surface area contributed by atoms with E-state index in [1.165, 1.54) is 11.7 Å². The summed E-state index contributed by atoms with van der Waals surface area (Å²) in [5.41, 5.74) is 13.3. The van der Waals surface area contributed by atoms with Crippen molar-refractivity contribution < 1.29 is 0 Å². The second-order valence-electron chi connectivity index (χ2n) is 4.74. The number of anilines is 4. The van der Waals surface area contributed by atoms with E-state index in [1.807, 2.05) is 18.2 Å². The molecule has 0 aliphatic heterocycles. The maximum Gasteiger partial charge on any atom is 0.161 e. The number of nitrogen functional groups attached to an aromatic ring is 2. The van der Waals surface area contributed by atoms with Gasteiger partial charge in [-0.25, -0.2) is 9.97 Å². The molecule has 3 aromatic rings. The molecular weight excluding hydrogens is 262 g/mol. The second kappa shape index (κ2) is 5.28. The average molecular weight is 279 g/mol. The molecule has 0 saturated carbocycles. The van der Waals surface area contributed by atoms with Gasteiger partial charge in [-0.1, -0.05) is 36.4 Å². The Morgan fingerprint density at radius 1 is 1.00 bits per heavy atom. The zero-order valence-corrected chi connectivity index (χ0v) is 11.8. The fourth-order valence-electron chi connectivity index (χ4n) is 2.49. The molecule has 0 aliphatic rings. The molecule has 0 saturated heterocycles. The highest BCUT2D eigenvalue weighted by molar-refractivity contribution is 5.97. The van der Waals surface area contributed by atoms with Crippen molar-refractivity contribution in [3.05, 3.63) is 48.8 Å². The Bertz CT molecular complexity index is 779. The Morgan fingerprint density at radius 3 is 2.57 bits per heavy atom. The van der Waals surface area contributed by atoms with Crippen LogP contribution in [0.15, 0.2) is 48.8 Å². The summed E-state index contributed by atoms with van der Waals surface area (Å²) in [6.07, 6.45) is 1.44. The molecule has 0 amide bonds. The van der Waals surface area contributed by atoms with Crippen molar-refractivity contribution in [2.24, 2.45) is 0 Å². The average Bonchev–Trinajstić information content (AvgIpc) is 2.52. The first-order valence-electron chi connectivity index (χ1n) is 6.83. The molecular formula is C16H17N5. The van der Waals surface area contributed by atoms with Crippen molar-refractivity contribution in [1.82, 2.24) is 9.97 Å². The predicted octanol–water partition coefficient (Wildman–Crippen LogP) is 2.95. The van der Waals surface area contributed by atoms with E-state index in [0.717, 1.165) is 17.6 Å². The second-order valence-corrected chi connectivity index (χ2v) is 4.74. The van der Waals surface area contributed by atoms with Gasteiger partial charge in [0.25, 0.3) is 0 Å². The predicted molar refractivity (Wildman–Crippen MR) is 87.5 cm³/mol. The van der Waals surface area contributed by atoms with E-state index in [-0.39, 0.29) is 0 Å². The summed E-state index contributed by atoms with van der Waals surface area (Å²) < 4.78 is 0. The molecule has 21 heavy (non-hydrogen) atoms. The number of benzene rings is 2.